The molecule has 0 unspecified atom stereocenters. The van der Waals surface area contributed by atoms with Crippen molar-refractivity contribution in [2.24, 2.45) is 0 Å². The van der Waals surface area contributed by atoms with Crippen LogP contribution in [0.4, 0.5) is 0 Å². The van der Waals surface area contributed by atoms with Gasteiger partial charge in [0, 0.05) is 11.4 Å². The minimum absolute atomic E-state index is 0.215. The molecule has 2 aromatic carbocycles. The SMILES string of the molecule is O=C(Cc1ccccc1)OCCCOc1ccc(Cl)cc1. The predicted octanol–water partition coefficient (Wildman–Crippen LogP) is 3.89. The second-order valence-electron chi connectivity index (χ2n) is 4.54. The van der Waals surface area contributed by atoms with Crippen LogP contribution in [0.2, 0.25) is 5.02 Å². The Bertz CT molecular complexity index is 552. The summed E-state index contributed by atoms with van der Waals surface area (Å²) in [6.45, 7) is 0.861. The van der Waals surface area contributed by atoms with Gasteiger partial charge in [0.2, 0.25) is 0 Å². The fourth-order valence-electron chi connectivity index (χ4n) is 1.78. The molecule has 4 heteroatoms. The van der Waals surface area contributed by atoms with Gasteiger partial charge in [-0.25, -0.2) is 0 Å². The van der Waals surface area contributed by atoms with Crippen molar-refractivity contribution in [2.75, 3.05) is 13.2 Å². The Hall–Kier alpha value is -2.00. The first-order chi connectivity index (χ1) is 10.2. The summed E-state index contributed by atoms with van der Waals surface area (Å²) >= 11 is 5.78. The molecule has 0 saturated carbocycles. The average Bonchev–Trinajstić information content (AvgIpc) is 2.50. The summed E-state index contributed by atoms with van der Waals surface area (Å²) in [5.41, 5.74) is 0.958. The van der Waals surface area contributed by atoms with Gasteiger partial charge in [0.25, 0.3) is 0 Å². The molecule has 0 fully saturated rings. The zero-order valence-electron chi connectivity index (χ0n) is 11.6. The largest absolute Gasteiger partial charge is 0.493 e. The number of carbonyl (C=O) groups excluding carboxylic acids is 1. The van der Waals surface area contributed by atoms with Crippen LogP contribution in [0.1, 0.15) is 12.0 Å². The van der Waals surface area contributed by atoms with Gasteiger partial charge in [-0.2, -0.15) is 0 Å². The molecule has 0 radical (unpaired) electrons. The Morgan fingerprint density at radius 3 is 2.38 bits per heavy atom. The van der Waals surface area contributed by atoms with Crippen molar-refractivity contribution in [2.45, 2.75) is 12.8 Å². The Labute approximate surface area is 129 Å². The van der Waals surface area contributed by atoms with E-state index in [4.69, 9.17) is 21.1 Å². The topological polar surface area (TPSA) is 35.5 Å². The summed E-state index contributed by atoms with van der Waals surface area (Å²) in [4.78, 5) is 11.6. The second kappa shape index (κ2) is 8.32. The van der Waals surface area contributed by atoms with E-state index in [0.29, 0.717) is 31.1 Å². The minimum atomic E-state index is -0.215. The summed E-state index contributed by atoms with van der Waals surface area (Å²) in [5, 5.41) is 0.678. The number of esters is 1. The van der Waals surface area contributed by atoms with E-state index in [9.17, 15) is 4.79 Å². The highest BCUT2D eigenvalue weighted by molar-refractivity contribution is 6.30. The van der Waals surface area contributed by atoms with Crippen molar-refractivity contribution >= 4 is 17.6 Å². The first kappa shape index (κ1) is 15.4. The molecule has 110 valence electrons. The second-order valence-corrected chi connectivity index (χ2v) is 4.98. The molecular weight excluding hydrogens is 288 g/mol. The van der Waals surface area contributed by atoms with Crippen LogP contribution in [0.3, 0.4) is 0 Å². The fourth-order valence-corrected chi connectivity index (χ4v) is 1.91. The molecule has 0 N–H and O–H groups in total. The highest BCUT2D eigenvalue weighted by atomic mass is 35.5. The van der Waals surface area contributed by atoms with E-state index in [-0.39, 0.29) is 5.97 Å². The lowest BCUT2D eigenvalue weighted by atomic mass is 10.2. The molecule has 0 heterocycles. The first-order valence-electron chi connectivity index (χ1n) is 6.82. The third kappa shape index (κ3) is 5.88. The average molecular weight is 305 g/mol. The normalized spacial score (nSPS) is 10.1. The molecule has 21 heavy (non-hydrogen) atoms. The van der Waals surface area contributed by atoms with Crippen molar-refractivity contribution in [1.29, 1.82) is 0 Å². The van der Waals surface area contributed by atoms with Crippen LogP contribution in [0.5, 0.6) is 5.75 Å². The van der Waals surface area contributed by atoms with E-state index < -0.39 is 0 Å². The van der Waals surface area contributed by atoms with E-state index in [1.807, 2.05) is 42.5 Å². The third-order valence-electron chi connectivity index (χ3n) is 2.83. The quantitative estimate of drug-likeness (QED) is 0.575. The lowest BCUT2D eigenvalue weighted by Gasteiger charge is -2.07. The highest BCUT2D eigenvalue weighted by Gasteiger charge is 2.04. The van der Waals surface area contributed by atoms with Crippen molar-refractivity contribution in [3.05, 3.63) is 65.2 Å². The number of benzene rings is 2. The molecule has 2 aromatic rings. The van der Waals surface area contributed by atoms with Gasteiger partial charge in [0.05, 0.1) is 19.6 Å². The van der Waals surface area contributed by atoms with E-state index in [0.717, 1.165) is 11.3 Å². The van der Waals surface area contributed by atoms with Gasteiger partial charge in [-0.1, -0.05) is 41.9 Å². The molecule has 0 aliphatic carbocycles. The van der Waals surface area contributed by atoms with E-state index in [1.54, 1.807) is 12.1 Å². The standard InChI is InChI=1S/C17H17ClO3/c18-15-7-9-16(10-8-15)20-11-4-12-21-17(19)13-14-5-2-1-3-6-14/h1-3,5-10H,4,11-13H2. The Morgan fingerprint density at radius 1 is 0.952 bits per heavy atom. The number of hydrogen-bond donors (Lipinski definition) is 0. The van der Waals surface area contributed by atoms with E-state index in [1.165, 1.54) is 0 Å². The van der Waals surface area contributed by atoms with Crippen LogP contribution in [-0.4, -0.2) is 19.2 Å². The van der Waals surface area contributed by atoms with Gasteiger partial charge in [-0.05, 0) is 29.8 Å². The summed E-state index contributed by atoms with van der Waals surface area (Å²) < 4.78 is 10.7. The number of hydrogen-bond acceptors (Lipinski definition) is 3. The molecule has 3 nitrogen and oxygen atoms in total. The smallest absolute Gasteiger partial charge is 0.310 e. The van der Waals surface area contributed by atoms with Crippen molar-refractivity contribution < 1.29 is 14.3 Å². The van der Waals surface area contributed by atoms with Gasteiger partial charge >= 0.3 is 5.97 Å². The summed E-state index contributed by atoms with van der Waals surface area (Å²) in [6, 6.07) is 16.7. The van der Waals surface area contributed by atoms with E-state index in [2.05, 4.69) is 0 Å². The van der Waals surface area contributed by atoms with Crippen molar-refractivity contribution in [3.8, 4) is 5.75 Å². The number of rotatable bonds is 7. The first-order valence-corrected chi connectivity index (χ1v) is 7.20. The zero-order valence-corrected chi connectivity index (χ0v) is 12.4. The molecule has 0 spiro atoms. The molecule has 0 amide bonds. The van der Waals surface area contributed by atoms with Gasteiger partial charge in [0.15, 0.2) is 0 Å². The van der Waals surface area contributed by atoms with Crippen LogP contribution in [0, 0.1) is 0 Å². The lowest BCUT2D eigenvalue weighted by Crippen LogP contribution is -2.11. The van der Waals surface area contributed by atoms with Gasteiger partial charge in [-0.3, -0.25) is 4.79 Å². The maximum absolute atomic E-state index is 11.6. The Balaban J connectivity index is 1.59. The number of ether oxygens (including phenoxy) is 2. The maximum atomic E-state index is 11.6. The van der Waals surface area contributed by atoms with Crippen LogP contribution in [-0.2, 0) is 16.0 Å². The molecular formula is C17H17ClO3. The molecule has 0 atom stereocenters. The molecule has 0 aliphatic heterocycles. The molecule has 0 aliphatic rings. The lowest BCUT2D eigenvalue weighted by molar-refractivity contribution is -0.143. The molecule has 0 bridgehead atoms. The maximum Gasteiger partial charge on any atom is 0.310 e. The zero-order chi connectivity index (χ0) is 14.9. The molecule has 2 rings (SSSR count). The van der Waals surface area contributed by atoms with Gasteiger partial charge in [0.1, 0.15) is 5.75 Å². The van der Waals surface area contributed by atoms with Crippen LogP contribution < -0.4 is 4.74 Å². The van der Waals surface area contributed by atoms with Gasteiger partial charge in [-0.15, -0.1) is 0 Å². The van der Waals surface area contributed by atoms with Crippen LogP contribution in [0.15, 0.2) is 54.6 Å². The number of carbonyl (C=O) groups is 1. The van der Waals surface area contributed by atoms with E-state index >= 15 is 0 Å². The molecule has 0 saturated heterocycles. The van der Waals surface area contributed by atoms with Crippen molar-refractivity contribution in [1.82, 2.24) is 0 Å². The Kier molecular flexibility index (Phi) is 6.10. The summed E-state index contributed by atoms with van der Waals surface area (Å²) in [5.74, 6) is 0.544. The van der Waals surface area contributed by atoms with Crippen molar-refractivity contribution in [3.63, 3.8) is 0 Å². The van der Waals surface area contributed by atoms with Gasteiger partial charge < -0.3 is 9.47 Å². The monoisotopic (exact) mass is 304 g/mol. The minimum Gasteiger partial charge on any atom is -0.493 e. The Morgan fingerprint density at radius 2 is 1.67 bits per heavy atom. The third-order valence-corrected chi connectivity index (χ3v) is 3.08. The summed E-state index contributed by atoms with van der Waals surface area (Å²) in [7, 11) is 0. The molecule has 0 aromatic heterocycles. The fraction of sp³-hybridized carbons (Fsp3) is 0.235. The summed E-state index contributed by atoms with van der Waals surface area (Å²) in [6.07, 6.45) is 0.960. The highest BCUT2D eigenvalue weighted by Crippen LogP contribution is 2.15. The van der Waals surface area contributed by atoms with Crippen LogP contribution >= 0.6 is 11.6 Å². The number of halogens is 1. The van der Waals surface area contributed by atoms with Crippen LogP contribution in [0.25, 0.3) is 0 Å². The predicted molar refractivity (Wildman–Crippen MR) is 82.7 cm³/mol.